The summed E-state index contributed by atoms with van der Waals surface area (Å²) in [6, 6.07) is 14.0. The number of para-hydroxylation sites is 1. The Bertz CT molecular complexity index is 2050. The summed E-state index contributed by atoms with van der Waals surface area (Å²) in [6.07, 6.45) is -2.11. The molecule has 3 fully saturated rings. The quantitative estimate of drug-likeness (QED) is 0.204. The number of ether oxygens (including phenoxy) is 1. The molecule has 2 aromatic carbocycles. The number of allylic oxidation sites excluding steroid dienone is 2. The topological polar surface area (TPSA) is 129 Å². The lowest BCUT2D eigenvalue weighted by Crippen LogP contribution is -2.53. The third-order valence-electron chi connectivity index (χ3n) is 10.8. The fraction of sp³-hybridized carbons (Fsp3) is 0.395. The minimum Gasteiger partial charge on any atom is -0.491 e. The molecule has 2 saturated heterocycles. The number of aromatic nitrogens is 1. The molecule has 4 aliphatic rings. The number of halogens is 5. The molecule has 0 bridgehead atoms. The molecule has 4 amide bonds. The number of fused-ring (bicyclic) bond motifs is 4. The van der Waals surface area contributed by atoms with E-state index in [0.29, 0.717) is 39.7 Å². The summed E-state index contributed by atoms with van der Waals surface area (Å²) in [4.78, 5) is 63.4. The Morgan fingerprint density at radius 2 is 1.68 bits per heavy atom. The van der Waals surface area contributed by atoms with Crippen molar-refractivity contribution in [3.8, 4) is 5.75 Å². The van der Waals surface area contributed by atoms with Crippen molar-refractivity contribution in [2.24, 2.45) is 23.7 Å². The summed E-state index contributed by atoms with van der Waals surface area (Å²) in [7, 11) is 0. The zero-order valence-corrected chi connectivity index (χ0v) is 30.3. The highest BCUT2D eigenvalue weighted by Crippen LogP contribution is 2.65. The number of nitrogens with one attached hydrogen (secondary N) is 1. The summed E-state index contributed by atoms with van der Waals surface area (Å²) in [5, 5.41) is 10.3. The predicted octanol–water partition coefficient (Wildman–Crippen LogP) is 6.56. The van der Waals surface area contributed by atoms with E-state index in [1.165, 1.54) is 4.90 Å². The minimum absolute atomic E-state index is 0.0142. The van der Waals surface area contributed by atoms with Crippen molar-refractivity contribution in [3.63, 3.8) is 0 Å². The number of hydrazine groups is 1. The van der Waals surface area contributed by atoms with Crippen LogP contribution in [0.1, 0.15) is 56.2 Å². The van der Waals surface area contributed by atoms with E-state index in [4.69, 9.17) is 27.9 Å². The Labute approximate surface area is 312 Å². The first-order valence-electron chi connectivity index (χ1n) is 17.1. The number of imide groups is 2. The molecule has 6 atom stereocenters. The van der Waals surface area contributed by atoms with Crippen LogP contribution >= 0.6 is 23.2 Å². The summed E-state index contributed by atoms with van der Waals surface area (Å²) in [5.74, 6) is -6.48. The standard InChI is InChI=1S/C38H35Cl2F3N4O6/c1-36(2,3)46-32(49)24-13-12-22-25(29(24)34(46)51)17-26-33(50)47(45-31-27(40)16-20(18-44-31)38(41,42)43)35(52)37(26,19-8-10-21(39)11-9-19)30(22)23-6-4-5-7-28(23)53-15-14-48/h4-12,16,18,24-26,29-30,48H,13-15,17H2,1-3H3,(H,44,45)/t24-,25+,26-,29-,30+,37+/m0/s1. The Balaban J connectivity index is 1.45. The average Bonchev–Trinajstić information content (AvgIpc) is 3.49. The molecule has 0 unspecified atom stereocenters. The summed E-state index contributed by atoms with van der Waals surface area (Å²) >= 11 is 12.6. The summed E-state index contributed by atoms with van der Waals surface area (Å²) in [6.45, 7) is 4.94. The number of hydrogen-bond acceptors (Lipinski definition) is 8. The Morgan fingerprint density at radius 1 is 0.981 bits per heavy atom. The monoisotopic (exact) mass is 770 g/mol. The van der Waals surface area contributed by atoms with Gasteiger partial charge in [-0.25, -0.2) is 4.98 Å². The molecule has 53 heavy (non-hydrogen) atoms. The first-order valence-corrected chi connectivity index (χ1v) is 17.8. The number of carbonyl (C=O) groups excluding carboxylic acids is 4. The highest BCUT2D eigenvalue weighted by molar-refractivity contribution is 6.33. The van der Waals surface area contributed by atoms with Crippen molar-refractivity contribution in [1.29, 1.82) is 0 Å². The number of alkyl halides is 3. The molecule has 15 heteroatoms. The highest BCUT2D eigenvalue weighted by Gasteiger charge is 2.71. The Hall–Kier alpha value is -4.46. The fourth-order valence-electron chi connectivity index (χ4n) is 8.79. The fourth-order valence-corrected chi connectivity index (χ4v) is 9.13. The van der Waals surface area contributed by atoms with Gasteiger partial charge in [0.2, 0.25) is 11.8 Å². The van der Waals surface area contributed by atoms with Crippen LogP contribution in [0.2, 0.25) is 10.0 Å². The van der Waals surface area contributed by atoms with E-state index in [1.807, 2.05) is 6.08 Å². The number of aliphatic hydroxyl groups is 1. The van der Waals surface area contributed by atoms with Crippen LogP contribution in [0.5, 0.6) is 5.75 Å². The maximum atomic E-state index is 15.3. The minimum atomic E-state index is -4.75. The van der Waals surface area contributed by atoms with Crippen molar-refractivity contribution >= 4 is 52.6 Å². The molecular formula is C38H35Cl2F3N4O6. The first kappa shape index (κ1) is 36.9. The third kappa shape index (κ3) is 5.79. The molecule has 0 radical (unpaired) electrons. The molecule has 10 nitrogen and oxygen atoms in total. The van der Waals surface area contributed by atoms with E-state index in [9.17, 15) is 32.7 Å². The Kier molecular flexibility index (Phi) is 9.14. The normalized spacial score (nSPS) is 27.0. The zero-order valence-electron chi connectivity index (χ0n) is 28.8. The van der Waals surface area contributed by atoms with Crippen LogP contribution in [0, 0.1) is 23.7 Å². The molecule has 3 heterocycles. The zero-order chi connectivity index (χ0) is 38.2. The van der Waals surface area contributed by atoms with E-state index in [0.717, 1.165) is 5.01 Å². The molecule has 0 spiro atoms. The van der Waals surface area contributed by atoms with Gasteiger partial charge in [0.25, 0.3) is 11.8 Å². The molecule has 2 N–H and O–H groups in total. The van der Waals surface area contributed by atoms with E-state index in [2.05, 4.69) is 10.4 Å². The lowest BCUT2D eigenvalue weighted by molar-refractivity contribution is -0.146. The van der Waals surface area contributed by atoms with E-state index in [1.54, 1.807) is 69.3 Å². The van der Waals surface area contributed by atoms with Crippen LogP contribution in [0.4, 0.5) is 19.0 Å². The first-order chi connectivity index (χ1) is 25.0. The molecule has 2 aliphatic heterocycles. The van der Waals surface area contributed by atoms with Crippen molar-refractivity contribution in [2.75, 3.05) is 18.6 Å². The van der Waals surface area contributed by atoms with Crippen molar-refractivity contribution in [1.82, 2.24) is 14.9 Å². The van der Waals surface area contributed by atoms with Gasteiger partial charge in [-0.05, 0) is 69.4 Å². The summed E-state index contributed by atoms with van der Waals surface area (Å²) in [5.41, 5.74) is 0.539. The number of nitrogens with zero attached hydrogens (tertiary/aromatic N) is 3. The van der Waals surface area contributed by atoms with E-state index >= 15 is 4.79 Å². The average molecular weight is 772 g/mol. The molecule has 2 aliphatic carbocycles. The third-order valence-corrected chi connectivity index (χ3v) is 11.3. The lowest BCUT2D eigenvalue weighted by atomic mass is 9.49. The maximum absolute atomic E-state index is 15.3. The van der Waals surface area contributed by atoms with Gasteiger partial charge in [0.15, 0.2) is 5.82 Å². The van der Waals surface area contributed by atoms with E-state index in [-0.39, 0.29) is 43.7 Å². The molecular weight excluding hydrogens is 736 g/mol. The molecule has 1 saturated carbocycles. The number of amides is 4. The van der Waals surface area contributed by atoms with Crippen molar-refractivity contribution in [3.05, 3.63) is 99.2 Å². The summed E-state index contributed by atoms with van der Waals surface area (Å²) < 4.78 is 46.4. The van der Waals surface area contributed by atoms with Crippen LogP contribution in [0.3, 0.4) is 0 Å². The second-order valence-electron chi connectivity index (χ2n) is 14.7. The second-order valence-corrected chi connectivity index (χ2v) is 15.6. The molecule has 7 rings (SSSR count). The largest absolute Gasteiger partial charge is 0.491 e. The number of rotatable bonds is 7. The van der Waals surface area contributed by atoms with Crippen molar-refractivity contribution < 1.29 is 42.2 Å². The van der Waals surface area contributed by atoms with Gasteiger partial charge in [-0.15, -0.1) is 0 Å². The smallest absolute Gasteiger partial charge is 0.417 e. The predicted molar refractivity (Wildman–Crippen MR) is 188 cm³/mol. The number of anilines is 1. The molecule has 278 valence electrons. The Morgan fingerprint density at radius 3 is 2.32 bits per heavy atom. The van der Waals surface area contributed by atoms with Crippen LogP contribution in [0.25, 0.3) is 0 Å². The number of carbonyl (C=O) groups is 4. The number of hydrogen-bond donors (Lipinski definition) is 2. The van der Waals surface area contributed by atoms with Gasteiger partial charge >= 0.3 is 6.18 Å². The van der Waals surface area contributed by atoms with Gasteiger partial charge in [-0.2, -0.15) is 18.2 Å². The van der Waals surface area contributed by atoms with Crippen LogP contribution in [-0.4, -0.2) is 62.4 Å². The van der Waals surface area contributed by atoms with Crippen LogP contribution < -0.4 is 10.2 Å². The van der Waals surface area contributed by atoms with Gasteiger partial charge in [-0.3, -0.25) is 29.5 Å². The van der Waals surface area contributed by atoms with Crippen LogP contribution in [-0.2, 0) is 30.8 Å². The number of aliphatic hydroxyl groups excluding tert-OH is 1. The van der Waals surface area contributed by atoms with Gasteiger partial charge in [0.1, 0.15) is 12.4 Å². The second kappa shape index (κ2) is 13.1. The SMILES string of the molecule is CC(C)(C)N1C(=O)[C@H]2[C@H](CC=C3[C@H]2C[C@H]2C(=O)N(Nc4ncc(C(F)(F)F)cc4Cl)C(=O)[C@@]2(c2ccc(Cl)cc2)[C@H]3c2ccccc2OCCO)C1=O. The van der Waals surface area contributed by atoms with Crippen molar-refractivity contribution in [2.45, 2.75) is 56.7 Å². The number of likely N-dealkylation sites (tertiary alicyclic amines) is 1. The van der Waals surface area contributed by atoms with E-state index < -0.39 is 69.1 Å². The lowest BCUT2D eigenvalue weighted by Gasteiger charge is -2.50. The van der Waals surface area contributed by atoms with Gasteiger partial charge in [0.05, 0.1) is 40.4 Å². The molecule has 3 aromatic rings. The van der Waals surface area contributed by atoms with Gasteiger partial charge in [0, 0.05) is 28.2 Å². The molecule has 1 aromatic heterocycles. The van der Waals surface area contributed by atoms with Gasteiger partial charge in [-0.1, -0.05) is 65.2 Å². The highest BCUT2D eigenvalue weighted by atomic mass is 35.5. The van der Waals surface area contributed by atoms with Gasteiger partial charge < -0.3 is 9.84 Å². The number of benzene rings is 2. The van der Waals surface area contributed by atoms with Crippen LogP contribution in [0.15, 0.2) is 72.4 Å². The maximum Gasteiger partial charge on any atom is 0.417 e. The number of pyridine rings is 1.